The quantitative estimate of drug-likeness (QED) is 0.891. The summed E-state index contributed by atoms with van der Waals surface area (Å²) in [5.74, 6) is -0.996. The zero-order valence-corrected chi connectivity index (χ0v) is 12.2. The Morgan fingerprint density at radius 1 is 1.47 bits per heavy atom. The summed E-state index contributed by atoms with van der Waals surface area (Å²) in [6.45, 7) is 6.37. The molecule has 0 aliphatic carbocycles. The maximum Gasteiger partial charge on any atom is 0.228 e. The van der Waals surface area contributed by atoms with Gasteiger partial charge in [-0.3, -0.25) is 4.79 Å². The van der Waals surface area contributed by atoms with E-state index in [1.54, 1.807) is 0 Å². The lowest BCUT2D eigenvalue weighted by atomic mass is 9.84. The van der Waals surface area contributed by atoms with Gasteiger partial charge in [0.15, 0.2) is 0 Å². The number of nitrogens with one attached hydrogen (secondary N) is 1. The first-order chi connectivity index (χ1) is 8.73. The number of halogens is 2. The van der Waals surface area contributed by atoms with E-state index in [1.807, 2.05) is 20.8 Å². The van der Waals surface area contributed by atoms with Gasteiger partial charge >= 0.3 is 0 Å². The van der Waals surface area contributed by atoms with Crippen LogP contribution in [0.2, 0.25) is 5.02 Å². The van der Waals surface area contributed by atoms with Crippen LogP contribution in [-0.2, 0) is 4.79 Å². The third-order valence-corrected chi connectivity index (χ3v) is 3.03. The summed E-state index contributed by atoms with van der Waals surface area (Å²) in [5.41, 5.74) is 5.90. The van der Waals surface area contributed by atoms with Crippen LogP contribution in [0.25, 0.3) is 0 Å². The minimum Gasteiger partial charge on any atom is -0.330 e. The standard InChI is InChI=1S/C14H20ClFN2O/c1-14(2,3)7-9(8-17)13(19)18-12-6-10(16)4-5-11(12)15/h4-6,9H,7-8,17H2,1-3H3,(H,18,19). The molecular formula is C14H20ClFN2O. The number of benzene rings is 1. The molecule has 1 unspecified atom stereocenters. The summed E-state index contributed by atoms with van der Waals surface area (Å²) in [5, 5.41) is 2.94. The van der Waals surface area contributed by atoms with Gasteiger partial charge in [-0.1, -0.05) is 32.4 Å². The molecule has 1 rings (SSSR count). The van der Waals surface area contributed by atoms with Crippen molar-refractivity contribution in [3.63, 3.8) is 0 Å². The lowest BCUT2D eigenvalue weighted by Crippen LogP contribution is -2.32. The average Bonchev–Trinajstić information content (AvgIpc) is 2.29. The summed E-state index contributed by atoms with van der Waals surface area (Å²) in [4.78, 5) is 12.1. The van der Waals surface area contributed by atoms with E-state index in [-0.39, 0.29) is 29.5 Å². The molecule has 0 aromatic heterocycles. The van der Waals surface area contributed by atoms with Crippen LogP contribution in [0.15, 0.2) is 18.2 Å². The Morgan fingerprint density at radius 2 is 2.11 bits per heavy atom. The van der Waals surface area contributed by atoms with Gasteiger partial charge in [-0.05, 0) is 30.0 Å². The van der Waals surface area contributed by atoms with Crippen molar-refractivity contribution in [1.82, 2.24) is 0 Å². The van der Waals surface area contributed by atoms with E-state index in [1.165, 1.54) is 18.2 Å². The predicted molar refractivity (Wildman–Crippen MR) is 76.7 cm³/mol. The molecule has 0 aliphatic rings. The van der Waals surface area contributed by atoms with E-state index in [0.29, 0.717) is 11.4 Å². The lowest BCUT2D eigenvalue weighted by Gasteiger charge is -2.24. The molecule has 0 bridgehead atoms. The fourth-order valence-corrected chi connectivity index (χ4v) is 2.02. The highest BCUT2D eigenvalue weighted by Crippen LogP contribution is 2.27. The molecule has 0 aliphatic heterocycles. The second-order valence-electron chi connectivity index (χ2n) is 5.81. The van der Waals surface area contributed by atoms with Crippen molar-refractivity contribution in [2.45, 2.75) is 27.2 Å². The summed E-state index contributed by atoms with van der Waals surface area (Å²) in [6, 6.07) is 3.85. The molecule has 1 amide bonds. The average molecular weight is 287 g/mol. The molecular weight excluding hydrogens is 267 g/mol. The Bertz CT molecular complexity index is 457. The van der Waals surface area contributed by atoms with Crippen LogP contribution in [0.4, 0.5) is 10.1 Å². The van der Waals surface area contributed by atoms with Crippen LogP contribution in [0.3, 0.4) is 0 Å². The molecule has 0 heterocycles. The number of anilines is 1. The molecule has 0 saturated heterocycles. The van der Waals surface area contributed by atoms with E-state index < -0.39 is 5.82 Å². The van der Waals surface area contributed by atoms with Gasteiger partial charge in [-0.25, -0.2) is 4.39 Å². The minimum absolute atomic E-state index is 0.00684. The zero-order chi connectivity index (χ0) is 14.6. The van der Waals surface area contributed by atoms with Gasteiger partial charge in [-0.15, -0.1) is 0 Å². The molecule has 5 heteroatoms. The Hall–Kier alpha value is -1.13. The molecule has 1 atom stereocenters. The van der Waals surface area contributed by atoms with Crippen molar-refractivity contribution in [3.05, 3.63) is 29.0 Å². The van der Waals surface area contributed by atoms with Crippen molar-refractivity contribution in [2.24, 2.45) is 17.1 Å². The van der Waals surface area contributed by atoms with E-state index in [2.05, 4.69) is 5.32 Å². The number of carbonyl (C=O) groups excluding carboxylic acids is 1. The van der Waals surface area contributed by atoms with Crippen molar-refractivity contribution in [2.75, 3.05) is 11.9 Å². The van der Waals surface area contributed by atoms with Crippen LogP contribution in [0.5, 0.6) is 0 Å². The highest BCUT2D eigenvalue weighted by Gasteiger charge is 2.24. The van der Waals surface area contributed by atoms with Gasteiger partial charge < -0.3 is 11.1 Å². The van der Waals surface area contributed by atoms with Gasteiger partial charge in [0.1, 0.15) is 5.82 Å². The van der Waals surface area contributed by atoms with Crippen LogP contribution in [-0.4, -0.2) is 12.5 Å². The molecule has 1 aromatic carbocycles. The highest BCUT2D eigenvalue weighted by atomic mass is 35.5. The van der Waals surface area contributed by atoms with Crippen LogP contribution >= 0.6 is 11.6 Å². The Kier molecular flexibility index (Phi) is 5.32. The smallest absolute Gasteiger partial charge is 0.228 e. The Morgan fingerprint density at radius 3 is 2.63 bits per heavy atom. The third-order valence-electron chi connectivity index (χ3n) is 2.70. The maximum absolute atomic E-state index is 13.1. The Labute approximate surface area is 118 Å². The minimum atomic E-state index is -0.445. The SMILES string of the molecule is CC(C)(C)CC(CN)C(=O)Nc1cc(F)ccc1Cl. The highest BCUT2D eigenvalue weighted by molar-refractivity contribution is 6.33. The van der Waals surface area contributed by atoms with Gasteiger partial charge in [0, 0.05) is 6.54 Å². The van der Waals surface area contributed by atoms with E-state index in [0.717, 1.165) is 0 Å². The molecule has 0 radical (unpaired) electrons. The van der Waals surface area contributed by atoms with E-state index >= 15 is 0 Å². The molecule has 0 saturated carbocycles. The number of nitrogens with two attached hydrogens (primary N) is 1. The van der Waals surface area contributed by atoms with Crippen LogP contribution in [0, 0.1) is 17.2 Å². The summed E-state index contributed by atoms with van der Waals surface area (Å²) in [7, 11) is 0. The van der Waals surface area contributed by atoms with Crippen LogP contribution < -0.4 is 11.1 Å². The van der Waals surface area contributed by atoms with Crippen molar-refractivity contribution < 1.29 is 9.18 Å². The van der Waals surface area contributed by atoms with E-state index in [4.69, 9.17) is 17.3 Å². The van der Waals surface area contributed by atoms with Gasteiger partial charge in [-0.2, -0.15) is 0 Å². The second kappa shape index (κ2) is 6.35. The van der Waals surface area contributed by atoms with Crippen LogP contribution in [0.1, 0.15) is 27.2 Å². The summed E-state index contributed by atoms with van der Waals surface area (Å²) < 4.78 is 13.1. The first kappa shape index (κ1) is 15.9. The first-order valence-electron chi connectivity index (χ1n) is 6.19. The number of carbonyl (C=O) groups is 1. The summed E-state index contributed by atoms with van der Waals surface area (Å²) >= 11 is 5.91. The molecule has 3 nitrogen and oxygen atoms in total. The first-order valence-corrected chi connectivity index (χ1v) is 6.57. The zero-order valence-electron chi connectivity index (χ0n) is 11.5. The number of hydrogen-bond donors (Lipinski definition) is 2. The van der Waals surface area contributed by atoms with Crippen molar-refractivity contribution in [3.8, 4) is 0 Å². The fourth-order valence-electron chi connectivity index (χ4n) is 1.85. The third kappa shape index (κ3) is 5.17. The molecule has 0 fully saturated rings. The second-order valence-corrected chi connectivity index (χ2v) is 6.22. The monoisotopic (exact) mass is 286 g/mol. The summed E-state index contributed by atoms with van der Waals surface area (Å²) in [6.07, 6.45) is 0.655. The molecule has 0 spiro atoms. The Balaban J connectivity index is 2.80. The van der Waals surface area contributed by atoms with Crippen molar-refractivity contribution in [1.29, 1.82) is 0 Å². The normalized spacial score (nSPS) is 13.2. The van der Waals surface area contributed by atoms with Crippen molar-refractivity contribution >= 4 is 23.2 Å². The maximum atomic E-state index is 13.1. The van der Waals surface area contributed by atoms with Gasteiger partial charge in [0.05, 0.1) is 16.6 Å². The topological polar surface area (TPSA) is 55.1 Å². The number of amides is 1. The number of hydrogen-bond acceptors (Lipinski definition) is 2. The molecule has 19 heavy (non-hydrogen) atoms. The predicted octanol–water partition coefficient (Wildman–Crippen LogP) is 3.43. The lowest BCUT2D eigenvalue weighted by molar-refractivity contribution is -0.120. The van der Waals surface area contributed by atoms with Gasteiger partial charge in [0.25, 0.3) is 0 Å². The largest absolute Gasteiger partial charge is 0.330 e. The molecule has 106 valence electrons. The number of rotatable bonds is 4. The van der Waals surface area contributed by atoms with Gasteiger partial charge in [0.2, 0.25) is 5.91 Å². The molecule has 1 aromatic rings. The molecule has 3 N–H and O–H groups in total. The van der Waals surface area contributed by atoms with E-state index in [9.17, 15) is 9.18 Å². The fraction of sp³-hybridized carbons (Fsp3) is 0.500.